The lowest BCUT2D eigenvalue weighted by atomic mass is 10.0. The van der Waals surface area contributed by atoms with Crippen LogP contribution in [0.2, 0.25) is 0 Å². The fourth-order valence-corrected chi connectivity index (χ4v) is 5.32. The van der Waals surface area contributed by atoms with E-state index in [1.807, 2.05) is 26.0 Å². The maximum atomic E-state index is 13.3. The molecule has 4 rings (SSSR count). The number of thiazole rings is 1. The number of carbonyl (C=O) groups is 1. The summed E-state index contributed by atoms with van der Waals surface area (Å²) in [6.07, 6.45) is 4.02. The molecule has 2 aliphatic heterocycles. The van der Waals surface area contributed by atoms with Crippen LogP contribution in [-0.4, -0.2) is 33.6 Å². The van der Waals surface area contributed by atoms with E-state index in [9.17, 15) is 9.59 Å². The number of amides is 1. The molecule has 6 nitrogen and oxygen atoms in total. The summed E-state index contributed by atoms with van der Waals surface area (Å²) in [5, 5.41) is 0.132. The van der Waals surface area contributed by atoms with E-state index in [1.54, 1.807) is 4.57 Å². The average molecular weight is 442 g/mol. The minimum absolute atomic E-state index is 0.129. The van der Waals surface area contributed by atoms with Crippen LogP contribution in [0.15, 0.2) is 29.1 Å². The number of likely N-dealkylation sites (N-methyl/N-ethyl adjacent to an activating group) is 2. The number of benzene rings is 1. The fourth-order valence-electron chi connectivity index (χ4n) is 3.81. The Balaban J connectivity index is 2.00. The number of carbonyl (C=O) groups excluding carboxylic acids is 1. The van der Waals surface area contributed by atoms with E-state index in [-0.39, 0.29) is 22.4 Å². The molecule has 0 atom stereocenters. The van der Waals surface area contributed by atoms with Gasteiger partial charge >= 0.3 is 0 Å². The molecule has 1 fully saturated rings. The summed E-state index contributed by atoms with van der Waals surface area (Å²) < 4.78 is 8.30. The Bertz CT molecular complexity index is 1270. The zero-order chi connectivity index (χ0) is 21.6. The Morgan fingerprint density at radius 3 is 2.40 bits per heavy atom. The van der Waals surface area contributed by atoms with E-state index in [0.29, 0.717) is 28.8 Å². The molecule has 0 aliphatic carbocycles. The van der Waals surface area contributed by atoms with Gasteiger partial charge in [-0.25, -0.2) is 0 Å². The minimum Gasteiger partial charge on any atom is -0.422 e. The SMILES string of the molecule is CCN1C(=O)/C(=c2\s/c(=C3/C=Cc4cc(C)ccc4N3CC)c(=O)n2CC)OC1=S. The van der Waals surface area contributed by atoms with E-state index in [0.717, 1.165) is 16.9 Å². The van der Waals surface area contributed by atoms with Gasteiger partial charge in [-0.2, -0.15) is 0 Å². The summed E-state index contributed by atoms with van der Waals surface area (Å²) in [4.78, 5) is 29.6. The van der Waals surface area contributed by atoms with Gasteiger partial charge in [-0.15, -0.1) is 11.3 Å². The Morgan fingerprint density at radius 2 is 1.77 bits per heavy atom. The largest absolute Gasteiger partial charge is 0.422 e. The Labute approximate surface area is 184 Å². The molecule has 30 heavy (non-hydrogen) atoms. The van der Waals surface area contributed by atoms with Crippen molar-refractivity contribution in [3.05, 3.63) is 55.0 Å². The van der Waals surface area contributed by atoms with Crippen molar-refractivity contribution in [1.82, 2.24) is 9.47 Å². The molecule has 1 aromatic heterocycles. The van der Waals surface area contributed by atoms with Crippen LogP contribution in [0, 0.1) is 6.92 Å². The lowest BCUT2D eigenvalue weighted by Gasteiger charge is -2.29. The molecule has 8 heteroatoms. The van der Waals surface area contributed by atoms with Crippen LogP contribution >= 0.6 is 23.6 Å². The van der Waals surface area contributed by atoms with Crippen molar-refractivity contribution in [3.8, 4) is 0 Å². The summed E-state index contributed by atoms with van der Waals surface area (Å²) in [6.45, 7) is 9.42. The van der Waals surface area contributed by atoms with E-state index in [1.165, 1.54) is 21.8 Å². The van der Waals surface area contributed by atoms with E-state index in [2.05, 4.69) is 36.9 Å². The first-order valence-corrected chi connectivity index (χ1v) is 11.2. The molecule has 2 aromatic rings. The molecule has 1 aromatic carbocycles. The highest BCUT2D eigenvalue weighted by Gasteiger charge is 2.34. The van der Waals surface area contributed by atoms with Crippen molar-refractivity contribution in [2.75, 3.05) is 18.0 Å². The molecular weight excluding hydrogens is 418 g/mol. The second-order valence-electron chi connectivity index (χ2n) is 7.06. The number of aryl methyl sites for hydroxylation is 1. The lowest BCUT2D eigenvalue weighted by Crippen LogP contribution is -2.37. The molecule has 0 spiro atoms. The molecule has 1 amide bonds. The van der Waals surface area contributed by atoms with Crippen LogP contribution < -0.4 is 19.7 Å². The molecule has 0 saturated carbocycles. The smallest absolute Gasteiger partial charge is 0.300 e. The molecule has 1 saturated heterocycles. The third-order valence-corrected chi connectivity index (χ3v) is 6.78. The Kier molecular flexibility index (Phi) is 5.38. The topological polar surface area (TPSA) is 54.8 Å². The first kappa shape index (κ1) is 20.6. The predicted octanol–water partition coefficient (Wildman–Crippen LogP) is 2.17. The van der Waals surface area contributed by atoms with Gasteiger partial charge in [0.15, 0.2) is 0 Å². The van der Waals surface area contributed by atoms with Gasteiger partial charge in [0, 0.05) is 25.3 Å². The number of ether oxygens (including phenoxy) is 1. The van der Waals surface area contributed by atoms with Crippen molar-refractivity contribution < 1.29 is 9.53 Å². The van der Waals surface area contributed by atoms with Crippen molar-refractivity contribution in [2.24, 2.45) is 0 Å². The maximum Gasteiger partial charge on any atom is 0.300 e. The standard InChI is InChI=1S/C22H23N3O3S2/c1-5-23-15-10-8-13(4)12-14(15)9-11-16(23)18-20(27)24(6-2)21(30-18)17-19(26)25(7-3)22(29)28-17/h8-12H,5-7H2,1-4H3/b18-16-,21-17+. The summed E-state index contributed by atoms with van der Waals surface area (Å²) in [6, 6.07) is 6.29. The second kappa shape index (κ2) is 7.85. The highest BCUT2D eigenvalue weighted by atomic mass is 32.1. The number of hydrogen-bond acceptors (Lipinski definition) is 6. The number of thiocarbonyl (C=S) groups is 1. The average Bonchev–Trinajstić information content (AvgIpc) is 3.21. The van der Waals surface area contributed by atoms with Crippen molar-refractivity contribution in [3.63, 3.8) is 0 Å². The van der Waals surface area contributed by atoms with E-state index in [4.69, 9.17) is 17.0 Å². The first-order chi connectivity index (χ1) is 14.4. The molecule has 0 unspecified atom stereocenters. The van der Waals surface area contributed by atoms with Crippen LogP contribution in [0.4, 0.5) is 5.69 Å². The summed E-state index contributed by atoms with van der Waals surface area (Å²) in [5.41, 5.74) is 4.08. The maximum absolute atomic E-state index is 13.3. The monoisotopic (exact) mass is 441 g/mol. The normalized spacial score (nSPS) is 19.5. The van der Waals surface area contributed by atoms with Gasteiger partial charge in [0.25, 0.3) is 16.6 Å². The molecule has 0 bridgehead atoms. The van der Waals surface area contributed by atoms with E-state index >= 15 is 0 Å². The molecule has 2 aliphatic rings. The van der Waals surface area contributed by atoms with Gasteiger partial charge in [-0.3, -0.25) is 19.1 Å². The number of anilines is 1. The molecular formula is C22H23N3O3S2. The van der Waals surface area contributed by atoms with Crippen molar-refractivity contribution in [2.45, 2.75) is 34.2 Å². The van der Waals surface area contributed by atoms with Gasteiger partial charge in [-0.05, 0) is 63.7 Å². The van der Waals surface area contributed by atoms with Crippen LogP contribution in [0.3, 0.4) is 0 Å². The quantitative estimate of drug-likeness (QED) is 0.684. The molecule has 0 radical (unpaired) electrons. The van der Waals surface area contributed by atoms with Gasteiger partial charge in [0.2, 0.25) is 5.76 Å². The Morgan fingerprint density at radius 1 is 1.03 bits per heavy atom. The second-order valence-corrected chi connectivity index (χ2v) is 8.41. The Hall–Kier alpha value is -2.71. The molecule has 0 N–H and O–H groups in total. The van der Waals surface area contributed by atoms with E-state index < -0.39 is 0 Å². The number of nitrogens with zero attached hydrogens (tertiary/aromatic N) is 3. The zero-order valence-electron chi connectivity index (χ0n) is 17.4. The number of hydrogen-bond donors (Lipinski definition) is 0. The van der Waals surface area contributed by atoms with Crippen molar-refractivity contribution in [1.29, 1.82) is 0 Å². The summed E-state index contributed by atoms with van der Waals surface area (Å²) >= 11 is 6.47. The third kappa shape index (κ3) is 3.11. The highest BCUT2D eigenvalue weighted by Crippen LogP contribution is 2.31. The number of rotatable bonds is 3. The van der Waals surface area contributed by atoms with Gasteiger partial charge in [0.1, 0.15) is 9.20 Å². The van der Waals surface area contributed by atoms with Crippen molar-refractivity contribution >= 4 is 57.9 Å². The highest BCUT2D eigenvalue weighted by molar-refractivity contribution is 7.80. The van der Waals surface area contributed by atoms with Crippen LogP contribution in [0.1, 0.15) is 31.9 Å². The third-order valence-electron chi connectivity index (χ3n) is 5.29. The van der Waals surface area contributed by atoms with Crippen LogP contribution in [0.25, 0.3) is 17.5 Å². The van der Waals surface area contributed by atoms with Crippen LogP contribution in [0.5, 0.6) is 0 Å². The predicted molar refractivity (Wildman–Crippen MR) is 125 cm³/mol. The first-order valence-electron chi connectivity index (χ1n) is 9.99. The number of fused-ring (bicyclic) bond motifs is 1. The van der Waals surface area contributed by atoms with Gasteiger partial charge in [-0.1, -0.05) is 17.7 Å². The van der Waals surface area contributed by atoms with Gasteiger partial charge < -0.3 is 9.64 Å². The summed E-state index contributed by atoms with van der Waals surface area (Å²) in [7, 11) is 0. The number of aromatic nitrogens is 1. The zero-order valence-corrected chi connectivity index (χ0v) is 19.0. The van der Waals surface area contributed by atoms with Crippen LogP contribution in [-0.2, 0) is 16.1 Å². The molecule has 156 valence electrons. The molecule has 3 heterocycles. The van der Waals surface area contributed by atoms with Gasteiger partial charge in [0.05, 0.1) is 5.70 Å². The minimum atomic E-state index is -0.296. The fraction of sp³-hybridized carbons (Fsp3) is 0.318. The lowest BCUT2D eigenvalue weighted by molar-refractivity contribution is -0.120. The summed E-state index contributed by atoms with van der Waals surface area (Å²) in [5.74, 6) is -0.161.